The van der Waals surface area contributed by atoms with Crippen LogP contribution in [0.2, 0.25) is 0 Å². The second kappa shape index (κ2) is 5.15. The van der Waals surface area contributed by atoms with Crippen molar-refractivity contribution in [1.82, 2.24) is 0 Å². The van der Waals surface area contributed by atoms with Crippen molar-refractivity contribution in [2.24, 2.45) is 11.8 Å². The molecular weight excluding hydrogens is 180 g/mol. The van der Waals surface area contributed by atoms with Gasteiger partial charge in [-0.3, -0.25) is 4.79 Å². The van der Waals surface area contributed by atoms with Crippen LogP contribution in [-0.2, 0) is 9.53 Å². The van der Waals surface area contributed by atoms with Crippen LogP contribution in [0.25, 0.3) is 0 Å². The zero-order chi connectivity index (χ0) is 11.4. The Hall–Kier alpha value is -0.830. The topological polar surface area (TPSA) is 46.5 Å². The van der Waals surface area contributed by atoms with Gasteiger partial charge in [0.05, 0.1) is 18.1 Å². The fraction of sp³-hybridized carbons (Fsp3) is 0.727. The van der Waals surface area contributed by atoms with E-state index in [1.54, 1.807) is 13.8 Å². The normalized spacial score (nSPS) is 17.3. The van der Waals surface area contributed by atoms with E-state index in [4.69, 9.17) is 4.74 Å². The highest BCUT2D eigenvalue weighted by molar-refractivity contribution is 5.74. The van der Waals surface area contributed by atoms with Crippen molar-refractivity contribution >= 4 is 5.97 Å². The molecule has 0 radical (unpaired) electrons. The summed E-state index contributed by atoms with van der Waals surface area (Å²) in [7, 11) is 0. The fourth-order valence-electron chi connectivity index (χ4n) is 1.54. The van der Waals surface area contributed by atoms with Gasteiger partial charge < -0.3 is 9.84 Å². The van der Waals surface area contributed by atoms with Gasteiger partial charge in [0, 0.05) is 0 Å². The summed E-state index contributed by atoms with van der Waals surface area (Å²) in [5.41, 5.74) is -1.21. The predicted molar refractivity (Wildman–Crippen MR) is 55.8 cm³/mol. The van der Waals surface area contributed by atoms with Crippen LogP contribution in [0.1, 0.15) is 27.7 Å². The quantitative estimate of drug-likeness (QED) is 0.543. The van der Waals surface area contributed by atoms with Crippen molar-refractivity contribution in [1.29, 1.82) is 0 Å². The molecule has 14 heavy (non-hydrogen) atoms. The predicted octanol–water partition coefficient (Wildman–Crippen LogP) is 1.76. The lowest BCUT2D eigenvalue weighted by Crippen LogP contribution is -2.42. The molecule has 0 aliphatic carbocycles. The minimum Gasteiger partial charge on any atom is -0.466 e. The van der Waals surface area contributed by atoms with E-state index in [1.165, 1.54) is 6.08 Å². The molecule has 0 aromatic rings. The molecule has 2 atom stereocenters. The fourth-order valence-corrected chi connectivity index (χ4v) is 1.54. The first-order chi connectivity index (χ1) is 6.36. The third-order valence-corrected chi connectivity index (χ3v) is 2.25. The van der Waals surface area contributed by atoms with E-state index in [2.05, 4.69) is 6.58 Å². The first-order valence-electron chi connectivity index (χ1n) is 4.89. The number of rotatable bonds is 5. The lowest BCUT2D eigenvalue weighted by atomic mass is 9.81. The van der Waals surface area contributed by atoms with E-state index < -0.39 is 11.5 Å². The van der Waals surface area contributed by atoms with Gasteiger partial charge in [-0.1, -0.05) is 19.9 Å². The minimum absolute atomic E-state index is 0.0158. The second-order valence-corrected chi connectivity index (χ2v) is 3.90. The first kappa shape index (κ1) is 13.2. The van der Waals surface area contributed by atoms with Crippen LogP contribution in [0.4, 0.5) is 0 Å². The Balaban J connectivity index is 4.76. The maximum Gasteiger partial charge on any atom is 0.312 e. The Kier molecular flexibility index (Phi) is 4.85. The molecule has 0 amide bonds. The summed E-state index contributed by atoms with van der Waals surface area (Å²) in [6.45, 7) is 10.9. The zero-order valence-corrected chi connectivity index (χ0v) is 9.41. The van der Waals surface area contributed by atoms with Crippen LogP contribution in [0.3, 0.4) is 0 Å². The number of hydrogen-bond donors (Lipinski definition) is 1. The van der Waals surface area contributed by atoms with Gasteiger partial charge in [-0.05, 0) is 19.8 Å². The van der Waals surface area contributed by atoms with Gasteiger partial charge in [-0.15, -0.1) is 6.58 Å². The van der Waals surface area contributed by atoms with E-state index in [0.717, 1.165) is 0 Å². The summed E-state index contributed by atoms with van der Waals surface area (Å²) in [5.74, 6) is -0.908. The zero-order valence-electron chi connectivity index (χ0n) is 9.41. The summed E-state index contributed by atoms with van der Waals surface area (Å²) in [4.78, 5) is 11.6. The van der Waals surface area contributed by atoms with Crippen molar-refractivity contribution in [3.8, 4) is 0 Å². The number of aliphatic hydroxyl groups is 1. The third kappa shape index (κ3) is 3.14. The van der Waals surface area contributed by atoms with Crippen molar-refractivity contribution in [2.45, 2.75) is 33.3 Å². The van der Waals surface area contributed by atoms with E-state index in [0.29, 0.717) is 6.61 Å². The Morgan fingerprint density at radius 3 is 2.43 bits per heavy atom. The second-order valence-electron chi connectivity index (χ2n) is 3.90. The molecule has 0 aliphatic rings. The molecule has 0 fully saturated rings. The summed E-state index contributed by atoms with van der Waals surface area (Å²) in [6.07, 6.45) is 1.38. The Morgan fingerprint density at radius 2 is 2.14 bits per heavy atom. The first-order valence-corrected chi connectivity index (χ1v) is 4.89. The molecular formula is C11H20O3. The Bertz CT molecular complexity index is 207. The third-order valence-electron chi connectivity index (χ3n) is 2.25. The largest absolute Gasteiger partial charge is 0.466 e. The lowest BCUT2D eigenvalue weighted by molar-refractivity contribution is -0.157. The monoisotopic (exact) mass is 200 g/mol. The summed E-state index contributed by atoms with van der Waals surface area (Å²) in [5, 5.41) is 9.93. The summed E-state index contributed by atoms with van der Waals surface area (Å²) >= 11 is 0. The molecule has 3 nitrogen and oxygen atoms in total. The smallest absolute Gasteiger partial charge is 0.312 e. The SMILES string of the molecule is C=CC(C)(O)C(C(=O)OCC)C(C)C. The van der Waals surface area contributed by atoms with Gasteiger partial charge >= 0.3 is 5.97 Å². The molecule has 2 unspecified atom stereocenters. The Morgan fingerprint density at radius 1 is 1.64 bits per heavy atom. The van der Waals surface area contributed by atoms with Gasteiger partial charge in [0.1, 0.15) is 0 Å². The van der Waals surface area contributed by atoms with E-state index in [-0.39, 0.29) is 11.9 Å². The molecule has 0 bridgehead atoms. The molecule has 0 rings (SSSR count). The number of hydrogen-bond acceptors (Lipinski definition) is 3. The molecule has 0 saturated carbocycles. The number of esters is 1. The maximum absolute atomic E-state index is 11.6. The standard InChI is InChI=1S/C11H20O3/c1-6-11(5,13)9(8(3)4)10(12)14-7-2/h6,8-9,13H,1,7H2,2-5H3. The van der Waals surface area contributed by atoms with Gasteiger partial charge in [0.25, 0.3) is 0 Å². The molecule has 0 aliphatic heterocycles. The van der Waals surface area contributed by atoms with Crippen molar-refractivity contribution in [2.75, 3.05) is 6.61 Å². The average molecular weight is 200 g/mol. The molecule has 3 heteroatoms. The highest BCUT2D eigenvalue weighted by Gasteiger charge is 2.38. The van der Waals surface area contributed by atoms with Crippen LogP contribution in [0.5, 0.6) is 0 Å². The van der Waals surface area contributed by atoms with Gasteiger partial charge in [0.2, 0.25) is 0 Å². The van der Waals surface area contributed by atoms with Crippen LogP contribution in [-0.4, -0.2) is 23.3 Å². The van der Waals surface area contributed by atoms with E-state index in [1.807, 2.05) is 13.8 Å². The summed E-state index contributed by atoms with van der Waals surface area (Å²) in [6, 6.07) is 0. The summed E-state index contributed by atoms with van der Waals surface area (Å²) < 4.78 is 4.91. The van der Waals surface area contributed by atoms with Crippen molar-refractivity contribution in [3.63, 3.8) is 0 Å². The van der Waals surface area contributed by atoms with Crippen LogP contribution >= 0.6 is 0 Å². The molecule has 0 spiro atoms. The van der Waals surface area contributed by atoms with Crippen LogP contribution in [0, 0.1) is 11.8 Å². The highest BCUT2D eigenvalue weighted by atomic mass is 16.5. The van der Waals surface area contributed by atoms with Gasteiger partial charge in [0.15, 0.2) is 0 Å². The molecule has 1 N–H and O–H groups in total. The van der Waals surface area contributed by atoms with Crippen molar-refractivity contribution < 1.29 is 14.6 Å². The van der Waals surface area contributed by atoms with E-state index >= 15 is 0 Å². The van der Waals surface area contributed by atoms with Crippen LogP contribution in [0.15, 0.2) is 12.7 Å². The van der Waals surface area contributed by atoms with Gasteiger partial charge in [-0.25, -0.2) is 0 Å². The maximum atomic E-state index is 11.6. The Labute approximate surface area is 85.8 Å². The molecule has 0 saturated heterocycles. The lowest BCUT2D eigenvalue weighted by Gasteiger charge is -2.30. The number of ether oxygens (including phenoxy) is 1. The highest BCUT2D eigenvalue weighted by Crippen LogP contribution is 2.27. The average Bonchev–Trinajstić information content (AvgIpc) is 2.03. The van der Waals surface area contributed by atoms with E-state index in [9.17, 15) is 9.90 Å². The number of carbonyl (C=O) groups excluding carboxylic acids is 1. The van der Waals surface area contributed by atoms with Gasteiger partial charge in [-0.2, -0.15) is 0 Å². The molecule has 0 aromatic carbocycles. The molecule has 0 heterocycles. The molecule has 82 valence electrons. The minimum atomic E-state index is -1.21. The van der Waals surface area contributed by atoms with Crippen LogP contribution < -0.4 is 0 Å². The molecule has 0 aromatic heterocycles. The van der Waals surface area contributed by atoms with Crippen molar-refractivity contribution in [3.05, 3.63) is 12.7 Å². The number of carbonyl (C=O) groups is 1.